The Balaban J connectivity index is 2.01. The first-order valence-corrected chi connectivity index (χ1v) is 7.29. The van der Waals surface area contributed by atoms with E-state index in [1.807, 2.05) is 0 Å². The summed E-state index contributed by atoms with van der Waals surface area (Å²) in [6, 6.07) is 11.3. The zero-order valence-electron chi connectivity index (χ0n) is 12.2. The lowest BCUT2D eigenvalue weighted by Gasteiger charge is -2.26. The normalized spacial score (nSPS) is 16.5. The molecule has 6 nitrogen and oxygen atoms in total. The minimum absolute atomic E-state index is 0.00125. The van der Waals surface area contributed by atoms with Crippen molar-refractivity contribution in [3.8, 4) is 5.75 Å². The van der Waals surface area contributed by atoms with Gasteiger partial charge < -0.3 is 5.11 Å². The van der Waals surface area contributed by atoms with Gasteiger partial charge in [0.2, 0.25) is 0 Å². The molecule has 7 heteroatoms. The van der Waals surface area contributed by atoms with E-state index in [0.717, 1.165) is 4.90 Å². The topological polar surface area (TPSA) is 86.7 Å². The average Bonchev–Trinajstić information content (AvgIpc) is 2.53. The second kappa shape index (κ2) is 6.17. The second-order valence-corrected chi connectivity index (χ2v) is 5.47. The van der Waals surface area contributed by atoms with Crippen LogP contribution in [0.2, 0.25) is 5.02 Å². The maximum absolute atomic E-state index is 12.6. The lowest BCUT2D eigenvalue weighted by atomic mass is 10.1. The van der Waals surface area contributed by atoms with E-state index < -0.39 is 17.8 Å². The first-order chi connectivity index (χ1) is 11.5. The van der Waals surface area contributed by atoms with Crippen LogP contribution in [0.5, 0.6) is 5.75 Å². The van der Waals surface area contributed by atoms with Gasteiger partial charge in [0.05, 0.1) is 5.69 Å². The first kappa shape index (κ1) is 15.8. The molecule has 0 bridgehead atoms. The van der Waals surface area contributed by atoms with Gasteiger partial charge in [0.25, 0.3) is 11.8 Å². The number of aromatic hydroxyl groups is 1. The predicted molar refractivity (Wildman–Crippen MR) is 88.6 cm³/mol. The van der Waals surface area contributed by atoms with Gasteiger partial charge in [-0.3, -0.25) is 14.9 Å². The van der Waals surface area contributed by atoms with Crippen LogP contribution in [0.25, 0.3) is 6.08 Å². The standard InChI is InChI=1S/C17H11ClN2O4/c18-11-4-6-12(7-5-11)20-16(23)14(15(22)19-17(20)24)9-10-2-1-3-13(21)8-10/h1-9,21H,(H,19,22,24). The summed E-state index contributed by atoms with van der Waals surface area (Å²) in [7, 11) is 0. The fraction of sp³-hybridized carbons (Fsp3) is 0. The van der Waals surface area contributed by atoms with Crippen molar-refractivity contribution in [2.75, 3.05) is 4.90 Å². The fourth-order valence-electron chi connectivity index (χ4n) is 2.26. The molecule has 1 saturated heterocycles. The Hall–Kier alpha value is -3.12. The highest BCUT2D eigenvalue weighted by atomic mass is 35.5. The van der Waals surface area contributed by atoms with E-state index in [1.165, 1.54) is 42.5 Å². The van der Waals surface area contributed by atoms with Crippen LogP contribution in [0.4, 0.5) is 10.5 Å². The molecule has 1 fully saturated rings. The number of phenolic OH excluding ortho intramolecular Hbond substituents is 1. The van der Waals surface area contributed by atoms with Crippen molar-refractivity contribution in [3.63, 3.8) is 0 Å². The van der Waals surface area contributed by atoms with Crippen molar-refractivity contribution in [1.82, 2.24) is 5.32 Å². The van der Waals surface area contributed by atoms with Gasteiger partial charge in [-0.05, 0) is 48.0 Å². The van der Waals surface area contributed by atoms with Crippen molar-refractivity contribution in [2.24, 2.45) is 0 Å². The highest BCUT2D eigenvalue weighted by molar-refractivity contribution is 6.39. The highest BCUT2D eigenvalue weighted by Crippen LogP contribution is 2.24. The van der Waals surface area contributed by atoms with E-state index in [9.17, 15) is 19.5 Å². The molecule has 120 valence electrons. The van der Waals surface area contributed by atoms with Gasteiger partial charge in [-0.15, -0.1) is 0 Å². The number of carbonyl (C=O) groups is 3. The van der Waals surface area contributed by atoms with Crippen molar-refractivity contribution in [3.05, 3.63) is 64.7 Å². The third-order valence-electron chi connectivity index (χ3n) is 3.37. The van der Waals surface area contributed by atoms with Crippen LogP contribution in [0.15, 0.2) is 54.1 Å². The monoisotopic (exact) mass is 342 g/mol. The van der Waals surface area contributed by atoms with Crippen LogP contribution in [0.3, 0.4) is 0 Å². The number of nitrogens with zero attached hydrogens (tertiary/aromatic N) is 1. The summed E-state index contributed by atoms with van der Waals surface area (Å²) < 4.78 is 0. The number of rotatable bonds is 2. The van der Waals surface area contributed by atoms with Gasteiger partial charge in [0, 0.05) is 5.02 Å². The Morgan fingerprint density at radius 2 is 1.75 bits per heavy atom. The molecule has 0 spiro atoms. The number of barbiturate groups is 1. The Morgan fingerprint density at radius 3 is 2.42 bits per heavy atom. The molecule has 0 aliphatic carbocycles. The summed E-state index contributed by atoms with van der Waals surface area (Å²) in [5.41, 5.74) is 0.533. The average molecular weight is 343 g/mol. The van der Waals surface area contributed by atoms with E-state index >= 15 is 0 Å². The number of phenols is 1. The molecule has 2 aromatic rings. The first-order valence-electron chi connectivity index (χ1n) is 6.92. The predicted octanol–water partition coefficient (Wildman–Crippen LogP) is 2.71. The molecule has 2 N–H and O–H groups in total. The zero-order valence-corrected chi connectivity index (χ0v) is 12.9. The molecule has 1 aliphatic heterocycles. The summed E-state index contributed by atoms with van der Waals surface area (Å²) in [5.74, 6) is -1.55. The number of urea groups is 1. The third kappa shape index (κ3) is 3.00. The van der Waals surface area contributed by atoms with Crippen LogP contribution in [-0.2, 0) is 9.59 Å². The number of nitrogens with one attached hydrogen (secondary N) is 1. The number of imide groups is 2. The molecular formula is C17H11ClN2O4. The Kier molecular flexibility index (Phi) is 4.05. The molecule has 1 aliphatic rings. The Morgan fingerprint density at radius 1 is 1.04 bits per heavy atom. The maximum atomic E-state index is 12.6. The van der Waals surface area contributed by atoms with E-state index in [2.05, 4.69) is 5.32 Å². The largest absolute Gasteiger partial charge is 0.508 e. The van der Waals surface area contributed by atoms with E-state index in [-0.39, 0.29) is 17.0 Å². The number of amides is 4. The summed E-state index contributed by atoms with van der Waals surface area (Å²) in [4.78, 5) is 37.5. The van der Waals surface area contributed by atoms with Gasteiger partial charge in [-0.25, -0.2) is 9.69 Å². The van der Waals surface area contributed by atoms with Crippen molar-refractivity contribution >= 4 is 41.2 Å². The molecule has 0 aromatic heterocycles. The van der Waals surface area contributed by atoms with Crippen LogP contribution in [0.1, 0.15) is 5.56 Å². The molecule has 0 radical (unpaired) electrons. The van der Waals surface area contributed by atoms with Gasteiger partial charge >= 0.3 is 6.03 Å². The molecule has 4 amide bonds. The maximum Gasteiger partial charge on any atom is 0.335 e. The van der Waals surface area contributed by atoms with Gasteiger partial charge in [0.1, 0.15) is 11.3 Å². The van der Waals surface area contributed by atoms with Gasteiger partial charge in [0.15, 0.2) is 0 Å². The number of hydrogen-bond acceptors (Lipinski definition) is 4. The number of halogens is 1. The molecule has 24 heavy (non-hydrogen) atoms. The number of benzene rings is 2. The van der Waals surface area contributed by atoms with Crippen molar-refractivity contribution in [1.29, 1.82) is 0 Å². The van der Waals surface area contributed by atoms with Crippen LogP contribution in [0, 0.1) is 0 Å². The lowest BCUT2D eigenvalue weighted by molar-refractivity contribution is -0.122. The minimum atomic E-state index is -0.833. The molecule has 0 unspecified atom stereocenters. The minimum Gasteiger partial charge on any atom is -0.508 e. The number of hydrogen-bond donors (Lipinski definition) is 2. The molecule has 1 heterocycles. The summed E-state index contributed by atoms with van der Waals surface area (Å²) in [6.07, 6.45) is 1.31. The Bertz CT molecular complexity index is 874. The summed E-state index contributed by atoms with van der Waals surface area (Å²) >= 11 is 5.80. The van der Waals surface area contributed by atoms with Gasteiger partial charge in [-0.1, -0.05) is 23.7 Å². The molecule has 2 aromatic carbocycles. The summed E-state index contributed by atoms with van der Waals surface area (Å²) in [5, 5.41) is 12.1. The third-order valence-corrected chi connectivity index (χ3v) is 3.62. The second-order valence-electron chi connectivity index (χ2n) is 5.03. The highest BCUT2D eigenvalue weighted by Gasteiger charge is 2.36. The molecule has 3 rings (SSSR count). The van der Waals surface area contributed by atoms with Crippen molar-refractivity contribution in [2.45, 2.75) is 0 Å². The Labute approximate surface area is 142 Å². The number of carbonyl (C=O) groups excluding carboxylic acids is 3. The number of anilines is 1. The van der Waals surface area contributed by atoms with Gasteiger partial charge in [-0.2, -0.15) is 0 Å². The van der Waals surface area contributed by atoms with Crippen molar-refractivity contribution < 1.29 is 19.5 Å². The molecule has 0 saturated carbocycles. The quantitative estimate of drug-likeness (QED) is 0.649. The molecular weight excluding hydrogens is 332 g/mol. The van der Waals surface area contributed by atoms with Crippen LogP contribution in [-0.4, -0.2) is 23.0 Å². The van der Waals surface area contributed by atoms with E-state index in [0.29, 0.717) is 10.6 Å². The smallest absolute Gasteiger partial charge is 0.335 e. The summed E-state index contributed by atoms with van der Waals surface area (Å²) in [6.45, 7) is 0. The van der Waals surface area contributed by atoms with E-state index in [1.54, 1.807) is 12.1 Å². The fourth-order valence-corrected chi connectivity index (χ4v) is 2.39. The van der Waals surface area contributed by atoms with Crippen LogP contribution >= 0.6 is 11.6 Å². The lowest BCUT2D eigenvalue weighted by Crippen LogP contribution is -2.54. The molecule has 0 atom stereocenters. The van der Waals surface area contributed by atoms with E-state index in [4.69, 9.17) is 11.6 Å². The van der Waals surface area contributed by atoms with Crippen LogP contribution < -0.4 is 10.2 Å². The zero-order chi connectivity index (χ0) is 17.3. The SMILES string of the molecule is O=C1NC(=O)N(c2ccc(Cl)cc2)C(=O)C1=Cc1cccc(O)c1.